The van der Waals surface area contributed by atoms with Crippen molar-refractivity contribution in [3.63, 3.8) is 0 Å². The quantitative estimate of drug-likeness (QED) is 0.475. The highest BCUT2D eigenvalue weighted by Crippen LogP contribution is 2.13. The van der Waals surface area contributed by atoms with Crippen molar-refractivity contribution in [3.8, 4) is 0 Å². The normalized spacial score (nSPS) is 27.2. The maximum absolute atomic E-state index is 12.2. The molecule has 0 aromatic heterocycles. The molecule has 1 aliphatic heterocycles. The van der Waals surface area contributed by atoms with Gasteiger partial charge in [-0.3, -0.25) is 4.99 Å². The van der Waals surface area contributed by atoms with E-state index in [9.17, 15) is 8.78 Å². The Labute approximate surface area is 52.1 Å². The van der Waals surface area contributed by atoms with E-state index in [1.54, 1.807) is 6.92 Å². The van der Waals surface area contributed by atoms with Gasteiger partial charge in [-0.25, -0.2) is 4.39 Å². The number of nitrogens with zero attached hydrogens (tertiary/aromatic N) is 1. The summed E-state index contributed by atoms with van der Waals surface area (Å²) in [4.78, 5) is 3.30. The molecule has 1 atom stereocenters. The summed E-state index contributed by atoms with van der Waals surface area (Å²) in [5.41, 5.74) is 0. The third-order valence-corrected chi connectivity index (χ3v) is 1.15. The second-order valence-corrected chi connectivity index (χ2v) is 2.12. The lowest BCUT2D eigenvalue weighted by molar-refractivity contribution is 0.588. The van der Waals surface area contributed by atoms with Crippen molar-refractivity contribution in [1.29, 1.82) is 0 Å². The third kappa shape index (κ3) is 1.34. The highest BCUT2D eigenvalue weighted by molar-refractivity contribution is 5.90. The Balaban J connectivity index is 2.75. The molecule has 0 spiro atoms. The fourth-order valence-electron chi connectivity index (χ4n) is 0.671. The molecule has 0 amide bonds. The predicted molar refractivity (Wildman–Crippen MR) is 31.8 cm³/mol. The fourth-order valence-corrected chi connectivity index (χ4v) is 0.671. The first kappa shape index (κ1) is 6.39. The van der Waals surface area contributed by atoms with Crippen LogP contribution < -0.4 is 0 Å². The summed E-state index contributed by atoms with van der Waals surface area (Å²) in [6, 6.07) is 0. The van der Waals surface area contributed by atoms with Crippen LogP contribution >= 0.6 is 0 Å². The summed E-state index contributed by atoms with van der Waals surface area (Å²) in [6.45, 7) is 2.15. The minimum Gasteiger partial charge on any atom is -0.255 e. The van der Waals surface area contributed by atoms with Crippen molar-refractivity contribution in [2.45, 2.75) is 6.92 Å². The molecular weight excluding hydrogens is 124 g/mol. The molecule has 0 radical (unpaired) electrons. The average molecular weight is 131 g/mol. The highest BCUT2D eigenvalue weighted by Gasteiger charge is 2.12. The van der Waals surface area contributed by atoms with E-state index in [2.05, 4.69) is 4.99 Å². The number of halogens is 2. The second kappa shape index (κ2) is 2.25. The van der Waals surface area contributed by atoms with Crippen LogP contribution in [0.2, 0.25) is 0 Å². The van der Waals surface area contributed by atoms with Gasteiger partial charge in [0.1, 0.15) is 0 Å². The molecule has 1 aliphatic rings. The minimum atomic E-state index is -0.965. The van der Waals surface area contributed by atoms with Crippen LogP contribution in [0.1, 0.15) is 6.92 Å². The van der Waals surface area contributed by atoms with E-state index in [4.69, 9.17) is 0 Å². The molecule has 9 heavy (non-hydrogen) atoms. The zero-order valence-corrected chi connectivity index (χ0v) is 5.06. The summed E-state index contributed by atoms with van der Waals surface area (Å²) >= 11 is 0. The predicted octanol–water partition coefficient (Wildman–Crippen LogP) is 1.86. The Kier molecular flexibility index (Phi) is 1.60. The van der Waals surface area contributed by atoms with Crippen molar-refractivity contribution in [1.82, 2.24) is 0 Å². The largest absolute Gasteiger partial charge is 0.255 e. The van der Waals surface area contributed by atoms with Gasteiger partial charge in [-0.2, -0.15) is 4.39 Å². The molecule has 0 saturated carbocycles. The number of hydrogen-bond acceptors (Lipinski definition) is 1. The Hall–Kier alpha value is -0.730. The van der Waals surface area contributed by atoms with Gasteiger partial charge < -0.3 is 0 Å². The molecule has 1 rings (SSSR count). The van der Waals surface area contributed by atoms with Crippen LogP contribution in [0, 0.1) is 5.92 Å². The monoisotopic (exact) mass is 131 g/mol. The molecular formula is C6H7F2N. The van der Waals surface area contributed by atoms with Gasteiger partial charge in [0, 0.05) is 6.54 Å². The maximum Gasteiger partial charge on any atom is 0.244 e. The zero-order valence-electron chi connectivity index (χ0n) is 5.06. The van der Waals surface area contributed by atoms with Gasteiger partial charge in [0.15, 0.2) is 5.83 Å². The smallest absolute Gasteiger partial charge is 0.244 e. The van der Waals surface area contributed by atoms with Crippen LogP contribution in [-0.2, 0) is 0 Å². The molecule has 0 aromatic carbocycles. The van der Waals surface area contributed by atoms with Crippen molar-refractivity contribution in [2.24, 2.45) is 10.9 Å². The molecule has 0 saturated heterocycles. The third-order valence-electron chi connectivity index (χ3n) is 1.15. The summed E-state index contributed by atoms with van der Waals surface area (Å²) in [6.07, 6.45) is 1.24. The van der Waals surface area contributed by atoms with E-state index in [0.717, 1.165) is 0 Å². The molecule has 0 N–H and O–H groups in total. The summed E-state index contributed by atoms with van der Waals surface area (Å²) in [5.74, 6) is -1.76. The van der Waals surface area contributed by atoms with E-state index in [0.29, 0.717) is 6.54 Å². The Bertz CT molecular complexity index is 172. The molecule has 50 valence electrons. The Morgan fingerprint density at radius 2 is 2.33 bits per heavy atom. The van der Waals surface area contributed by atoms with Gasteiger partial charge in [-0.15, -0.1) is 0 Å². The first-order chi connectivity index (χ1) is 4.20. The van der Waals surface area contributed by atoms with Gasteiger partial charge in [0.2, 0.25) is 5.97 Å². The van der Waals surface area contributed by atoms with Gasteiger partial charge >= 0.3 is 0 Å². The van der Waals surface area contributed by atoms with E-state index < -0.39 is 11.8 Å². The number of allylic oxidation sites excluding steroid dienone is 1. The second-order valence-electron chi connectivity index (χ2n) is 2.12. The first-order valence-electron chi connectivity index (χ1n) is 2.78. The van der Waals surface area contributed by atoms with E-state index in [-0.39, 0.29) is 5.92 Å². The fraction of sp³-hybridized carbons (Fsp3) is 0.500. The van der Waals surface area contributed by atoms with Gasteiger partial charge in [0.25, 0.3) is 0 Å². The SMILES string of the molecule is CC1C=C(F)C(F)=NC1. The van der Waals surface area contributed by atoms with Crippen LogP contribution in [0.15, 0.2) is 16.9 Å². The van der Waals surface area contributed by atoms with Crippen molar-refractivity contribution < 1.29 is 8.78 Å². The summed E-state index contributed by atoms with van der Waals surface area (Å²) < 4.78 is 24.2. The summed E-state index contributed by atoms with van der Waals surface area (Å²) in [7, 11) is 0. The van der Waals surface area contributed by atoms with Crippen molar-refractivity contribution in [3.05, 3.63) is 11.9 Å². The standard InChI is InChI=1S/C6H7F2N/c1-4-2-5(7)6(8)9-3-4/h2,4H,3H2,1H3. The van der Waals surface area contributed by atoms with E-state index in [1.807, 2.05) is 0 Å². The van der Waals surface area contributed by atoms with Crippen LogP contribution in [0.3, 0.4) is 0 Å². The number of aliphatic imine (C=N–C) groups is 1. The van der Waals surface area contributed by atoms with Gasteiger partial charge in [-0.1, -0.05) is 6.92 Å². The van der Waals surface area contributed by atoms with Crippen LogP contribution in [-0.4, -0.2) is 12.5 Å². The van der Waals surface area contributed by atoms with Gasteiger partial charge in [-0.05, 0) is 12.0 Å². The Morgan fingerprint density at radius 1 is 1.67 bits per heavy atom. The molecule has 1 heterocycles. The van der Waals surface area contributed by atoms with Crippen LogP contribution in [0.25, 0.3) is 0 Å². The van der Waals surface area contributed by atoms with E-state index >= 15 is 0 Å². The molecule has 3 heteroatoms. The lowest BCUT2D eigenvalue weighted by atomic mass is 10.1. The van der Waals surface area contributed by atoms with Gasteiger partial charge in [0.05, 0.1) is 0 Å². The zero-order chi connectivity index (χ0) is 6.85. The molecule has 0 fully saturated rings. The number of hydrogen-bond donors (Lipinski definition) is 0. The molecule has 1 nitrogen and oxygen atoms in total. The number of rotatable bonds is 0. The topological polar surface area (TPSA) is 12.4 Å². The van der Waals surface area contributed by atoms with E-state index in [1.165, 1.54) is 6.08 Å². The molecule has 0 bridgehead atoms. The molecule has 0 aromatic rings. The number of dihydropyridines is 1. The van der Waals surface area contributed by atoms with Crippen molar-refractivity contribution in [2.75, 3.05) is 6.54 Å². The maximum atomic E-state index is 12.2. The average Bonchev–Trinajstić information content (AvgIpc) is 1.80. The van der Waals surface area contributed by atoms with Crippen LogP contribution in [0.5, 0.6) is 0 Å². The minimum absolute atomic E-state index is 0.0319. The first-order valence-corrected chi connectivity index (χ1v) is 2.78. The lowest BCUT2D eigenvalue weighted by Crippen LogP contribution is -2.06. The summed E-state index contributed by atoms with van der Waals surface area (Å²) in [5, 5.41) is 0. The highest BCUT2D eigenvalue weighted by atomic mass is 19.2. The molecule has 1 unspecified atom stereocenters. The Morgan fingerprint density at radius 3 is 2.78 bits per heavy atom. The lowest BCUT2D eigenvalue weighted by Gasteiger charge is -2.06. The van der Waals surface area contributed by atoms with Crippen molar-refractivity contribution >= 4 is 5.97 Å². The molecule has 0 aliphatic carbocycles. The van der Waals surface area contributed by atoms with Crippen LogP contribution in [0.4, 0.5) is 8.78 Å².